The summed E-state index contributed by atoms with van der Waals surface area (Å²) < 4.78 is 2.99. The number of rotatable bonds is 5. The van der Waals surface area contributed by atoms with E-state index in [1.54, 1.807) is 71.6 Å². The number of nitrogens with zero attached hydrogens (tertiary/aromatic N) is 3. The number of aryl methyl sites for hydroxylation is 2. The molecule has 0 unspecified atom stereocenters. The molecular weight excluding hydrogens is 464 g/mol. The lowest BCUT2D eigenvalue weighted by molar-refractivity contribution is -0.577. The monoisotopic (exact) mass is 485 g/mol. The van der Waals surface area contributed by atoms with Gasteiger partial charge < -0.3 is 0 Å². The van der Waals surface area contributed by atoms with Crippen molar-refractivity contribution in [2.75, 3.05) is 4.90 Å². The first-order valence-corrected chi connectivity index (χ1v) is 11.5. The van der Waals surface area contributed by atoms with Crippen molar-refractivity contribution in [3.63, 3.8) is 0 Å². The van der Waals surface area contributed by atoms with Crippen LogP contribution in [0.4, 0.5) is 5.69 Å². The Morgan fingerprint density at radius 2 is 1.60 bits per heavy atom. The average Bonchev–Trinajstić information content (AvgIpc) is 3.32. The van der Waals surface area contributed by atoms with Crippen LogP contribution in [-0.2, 0) is 16.0 Å². The van der Waals surface area contributed by atoms with E-state index >= 15 is 0 Å². The van der Waals surface area contributed by atoms with Gasteiger partial charge in [-0.25, -0.2) is 9.58 Å². The Morgan fingerprint density at radius 1 is 0.886 bits per heavy atom. The summed E-state index contributed by atoms with van der Waals surface area (Å²) in [6.07, 6.45) is 3.93. The number of halogens is 1. The van der Waals surface area contributed by atoms with Gasteiger partial charge in [-0.05, 0) is 55.8 Å². The number of H-pyrrole nitrogens is 1. The van der Waals surface area contributed by atoms with Crippen molar-refractivity contribution in [1.82, 2.24) is 9.78 Å². The van der Waals surface area contributed by atoms with Gasteiger partial charge in [0.2, 0.25) is 0 Å². The smallest absolute Gasteiger partial charge is 0.294 e. The van der Waals surface area contributed by atoms with Crippen molar-refractivity contribution in [2.24, 2.45) is 0 Å². The van der Waals surface area contributed by atoms with Gasteiger partial charge in [-0.3, -0.25) is 19.5 Å². The number of nitrogens with one attached hydrogen (secondary N) is 1. The molecule has 4 aromatic rings. The van der Waals surface area contributed by atoms with E-state index in [1.165, 1.54) is 4.68 Å². The number of hydrogen-bond acceptors (Lipinski definition) is 3. The maximum Gasteiger partial charge on any atom is 0.331 e. The molecule has 2 aromatic carbocycles. The summed E-state index contributed by atoms with van der Waals surface area (Å²) in [7, 11) is 0. The zero-order valence-electron chi connectivity index (χ0n) is 19.2. The predicted octanol–water partition coefficient (Wildman–Crippen LogP) is 3.92. The topological polar surface area (TPSA) is 79.1 Å². The molecule has 0 spiro atoms. The number of carbonyl (C=O) groups is 2. The molecule has 0 fully saturated rings. The van der Waals surface area contributed by atoms with Crippen LogP contribution in [0.25, 0.3) is 17.0 Å². The van der Waals surface area contributed by atoms with E-state index in [1.807, 2.05) is 26.0 Å². The summed E-state index contributed by atoms with van der Waals surface area (Å²) in [4.78, 5) is 42.4. The minimum Gasteiger partial charge on any atom is -0.294 e. The van der Waals surface area contributed by atoms with Gasteiger partial charge in [0.25, 0.3) is 17.2 Å². The van der Waals surface area contributed by atoms with Crippen molar-refractivity contribution < 1.29 is 14.2 Å². The Morgan fingerprint density at radius 3 is 2.26 bits per heavy atom. The van der Waals surface area contributed by atoms with Crippen LogP contribution >= 0.6 is 11.6 Å². The quantitative estimate of drug-likeness (QED) is 0.344. The standard InChI is InChI=1S/C27H21ClN4O3/c1-3-21-22(26(34)32(29-21)20-13-11-18(28)12-14-20)23-24(30-15-7-8-17(2)16-30)27(35)31(25(23)33)19-9-5-4-6-10-19/h4-16H,3H2,1-2H3/p+1. The molecule has 1 N–H and O–H groups in total. The van der Waals surface area contributed by atoms with Gasteiger partial charge >= 0.3 is 5.91 Å². The summed E-state index contributed by atoms with van der Waals surface area (Å²) in [5.41, 5.74) is 2.45. The number of aromatic nitrogens is 3. The second kappa shape index (κ2) is 8.85. The lowest BCUT2D eigenvalue weighted by atomic mass is 10.0. The molecule has 0 radical (unpaired) electrons. The largest absolute Gasteiger partial charge is 0.331 e. The normalized spacial score (nSPS) is 13.7. The Hall–Kier alpha value is -4.23. The third kappa shape index (κ3) is 3.80. The molecule has 174 valence electrons. The Labute approximate surface area is 206 Å². The van der Waals surface area contributed by atoms with Crippen LogP contribution in [0, 0.1) is 6.92 Å². The number of aromatic amines is 1. The zero-order chi connectivity index (χ0) is 24.7. The summed E-state index contributed by atoms with van der Waals surface area (Å²) in [5, 5.41) is 3.66. The van der Waals surface area contributed by atoms with Crippen molar-refractivity contribution in [3.8, 4) is 5.69 Å². The van der Waals surface area contributed by atoms with Crippen LogP contribution in [0.1, 0.15) is 23.7 Å². The van der Waals surface area contributed by atoms with Crippen molar-refractivity contribution in [3.05, 3.63) is 111 Å². The van der Waals surface area contributed by atoms with E-state index in [2.05, 4.69) is 5.10 Å². The van der Waals surface area contributed by atoms with Crippen LogP contribution in [0.2, 0.25) is 5.02 Å². The molecule has 0 atom stereocenters. The molecule has 3 heterocycles. The molecule has 35 heavy (non-hydrogen) atoms. The van der Waals surface area contributed by atoms with E-state index in [0.717, 1.165) is 10.5 Å². The van der Waals surface area contributed by atoms with Crippen LogP contribution in [0.15, 0.2) is 83.9 Å². The molecule has 1 aliphatic rings. The van der Waals surface area contributed by atoms with E-state index in [9.17, 15) is 14.4 Å². The van der Waals surface area contributed by atoms with E-state index in [4.69, 9.17) is 11.6 Å². The lowest BCUT2D eigenvalue weighted by Crippen LogP contribution is -2.39. The van der Waals surface area contributed by atoms with E-state index in [0.29, 0.717) is 28.5 Å². The fourth-order valence-electron chi connectivity index (χ4n) is 4.29. The number of imide groups is 1. The molecule has 0 saturated heterocycles. The van der Waals surface area contributed by atoms with E-state index in [-0.39, 0.29) is 16.8 Å². The number of benzene rings is 2. The minimum atomic E-state index is -0.542. The Balaban J connectivity index is 1.78. The van der Waals surface area contributed by atoms with Gasteiger partial charge in [-0.1, -0.05) is 36.7 Å². The lowest BCUT2D eigenvalue weighted by Gasteiger charge is -2.13. The molecule has 1 aliphatic heterocycles. The first kappa shape index (κ1) is 22.6. The third-order valence-corrected chi connectivity index (χ3v) is 6.19. The molecule has 8 heteroatoms. The van der Waals surface area contributed by atoms with Gasteiger partial charge in [0, 0.05) is 22.3 Å². The average molecular weight is 486 g/mol. The number of anilines is 1. The van der Waals surface area contributed by atoms with Crippen LogP contribution in [0.3, 0.4) is 0 Å². The molecule has 0 saturated carbocycles. The summed E-state index contributed by atoms with van der Waals surface area (Å²) in [5.74, 6) is -1.04. The van der Waals surface area contributed by atoms with Crippen LogP contribution < -0.4 is 15.0 Å². The first-order valence-electron chi connectivity index (χ1n) is 11.2. The number of hydrogen-bond donors (Lipinski definition) is 1. The summed E-state index contributed by atoms with van der Waals surface area (Å²) >= 11 is 6.02. The number of amides is 2. The molecule has 2 amide bonds. The SMILES string of the molecule is CCc1[nH]n(-c2ccc(Cl)cc2)c(=O)c1C1=C([n+]2cccc(C)c2)C(=O)N(c2ccccc2)C1=O. The van der Waals surface area contributed by atoms with Crippen LogP contribution in [0.5, 0.6) is 0 Å². The van der Waals surface area contributed by atoms with Gasteiger partial charge in [-0.2, -0.15) is 4.57 Å². The number of pyridine rings is 1. The number of para-hydroxylation sites is 1. The second-order valence-electron chi connectivity index (χ2n) is 8.23. The minimum absolute atomic E-state index is 0.0697. The maximum absolute atomic E-state index is 13.9. The van der Waals surface area contributed by atoms with Crippen molar-refractivity contribution >= 4 is 40.4 Å². The highest BCUT2D eigenvalue weighted by atomic mass is 35.5. The van der Waals surface area contributed by atoms with Gasteiger partial charge in [0.05, 0.1) is 16.9 Å². The Bertz CT molecular complexity index is 1550. The third-order valence-electron chi connectivity index (χ3n) is 5.93. The molecule has 7 nitrogen and oxygen atoms in total. The molecule has 0 bridgehead atoms. The molecule has 5 rings (SSSR count). The molecule has 0 aliphatic carbocycles. The number of carbonyl (C=O) groups excluding carboxylic acids is 2. The highest BCUT2D eigenvalue weighted by Gasteiger charge is 2.48. The van der Waals surface area contributed by atoms with E-state index < -0.39 is 17.4 Å². The van der Waals surface area contributed by atoms with Crippen molar-refractivity contribution in [2.45, 2.75) is 20.3 Å². The second-order valence-corrected chi connectivity index (χ2v) is 8.67. The zero-order valence-corrected chi connectivity index (χ0v) is 19.9. The van der Waals surface area contributed by atoms with Crippen LogP contribution in [-0.4, -0.2) is 21.6 Å². The molecular formula is C27H22ClN4O3+. The fourth-order valence-corrected chi connectivity index (χ4v) is 4.42. The predicted molar refractivity (Wildman–Crippen MR) is 134 cm³/mol. The molecule has 2 aromatic heterocycles. The first-order chi connectivity index (χ1) is 16.9. The van der Waals surface area contributed by atoms with Crippen molar-refractivity contribution in [1.29, 1.82) is 0 Å². The Kier molecular flexibility index (Phi) is 5.70. The fraction of sp³-hybridized carbons (Fsp3) is 0.111. The maximum atomic E-state index is 13.9. The van der Waals surface area contributed by atoms with Gasteiger partial charge in [0.15, 0.2) is 12.4 Å². The highest BCUT2D eigenvalue weighted by Crippen LogP contribution is 2.33. The summed E-state index contributed by atoms with van der Waals surface area (Å²) in [6, 6.07) is 19.2. The summed E-state index contributed by atoms with van der Waals surface area (Å²) in [6.45, 7) is 3.78. The highest BCUT2D eigenvalue weighted by molar-refractivity contribution is 6.53. The van der Waals surface area contributed by atoms with Gasteiger partial charge in [0.1, 0.15) is 5.57 Å². The van der Waals surface area contributed by atoms with Gasteiger partial charge in [-0.15, -0.1) is 0 Å².